The van der Waals surface area contributed by atoms with Crippen LogP contribution in [0.25, 0.3) is 0 Å². The van der Waals surface area contributed by atoms with Gasteiger partial charge in [0.25, 0.3) is 0 Å². The van der Waals surface area contributed by atoms with Crippen molar-refractivity contribution in [2.45, 2.75) is 32.1 Å². The van der Waals surface area contributed by atoms with Crippen LogP contribution >= 0.6 is 0 Å². The number of carboxylic acid groups (broad SMARTS) is 1. The van der Waals surface area contributed by atoms with E-state index < -0.39 is 5.97 Å². The third-order valence-electron chi connectivity index (χ3n) is 3.64. The second-order valence-corrected chi connectivity index (χ2v) is 5.07. The second-order valence-electron chi connectivity index (χ2n) is 5.07. The number of ether oxygens (including phenoxy) is 1. The Hall–Kier alpha value is -1.35. The van der Waals surface area contributed by atoms with Crippen LogP contribution in [-0.2, 0) is 16.0 Å². The molecule has 0 saturated carbocycles. The second kappa shape index (κ2) is 6.01. The van der Waals surface area contributed by atoms with E-state index in [1.807, 2.05) is 0 Å². The Bertz CT molecular complexity index is 391. The molecule has 1 unspecified atom stereocenters. The van der Waals surface area contributed by atoms with Crippen LogP contribution in [0.1, 0.15) is 36.8 Å². The molecule has 1 aliphatic rings. The first kappa shape index (κ1) is 13.1. The zero-order valence-electron chi connectivity index (χ0n) is 10.8. The highest BCUT2D eigenvalue weighted by Crippen LogP contribution is 2.27. The average Bonchev–Trinajstić information content (AvgIpc) is 2.40. The molecule has 0 aromatic heterocycles. The Balaban J connectivity index is 1.98. The summed E-state index contributed by atoms with van der Waals surface area (Å²) in [5.41, 5.74) is 2.45. The molecule has 1 aliphatic heterocycles. The normalized spacial score (nSPS) is 18.5. The number of aliphatic carboxylic acids is 1. The van der Waals surface area contributed by atoms with Crippen molar-refractivity contribution < 1.29 is 14.6 Å². The van der Waals surface area contributed by atoms with Gasteiger partial charge in [0.05, 0.1) is 5.92 Å². The summed E-state index contributed by atoms with van der Waals surface area (Å²) in [6.07, 6.45) is 2.78. The van der Waals surface area contributed by atoms with Crippen molar-refractivity contribution in [3.05, 3.63) is 35.4 Å². The Morgan fingerprint density at radius 1 is 1.33 bits per heavy atom. The first-order valence-corrected chi connectivity index (χ1v) is 6.56. The summed E-state index contributed by atoms with van der Waals surface area (Å²) >= 11 is 0. The molecule has 2 rings (SSSR count). The highest BCUT2D eigenvalue weighted by atomic mass is 16.5. The van der Waals surface area contributed by atoms with E-state index >= 15 is 0 Å². The van der Waals surface area contributed by atoms with Gasteiger partial charge in [-0.1, -0.05) is 31.2 Å². The predicted molar refractivity (Wildman–Crippen MR) is 69.7 cm³/mol. The SMILES string of the molecule is CC(Cc1ccc(C2CCOCC2)cc1)C(=O)O. The largest absolute Gasteiger partial charge is 0.481 e. The molecule has 1 atom stereocenters. The van der Waals surface area contributed by atoms with Crippen molar-refractivity contribution in [3.63, 3.8) is 0 Å². The zero-order chi connectivity index (χ0) is 13.0. The molecule has 1 aromatic carbocycles. The summed E-state index contributed by atoms with van der Waals surface area (Å²) in [6, 6.07) is 8.40. The lowest BCUT2D eigenvalue weighted by Crippen LogP contribution is -2.14. The van der Waals surface area contributed by atoms with Crippen LogP contribution in [0.15, 0.2) is 24.3 Å². The third-order valence-corrected chi connectivity index (χ3v) is 3.64. The van der Waals surface area contributed by atoms with Crippen LogP contribution < -0.4 is 0 Å². The van der Waals surface area contributed by atoms with Crippen molar-refractivity contribution in [2.24, 2.45) is 5.92 Å². The molecule has 1 saturated heterocycles. The van der Waals surface area contributed by atoms with Crippen LogP contribution in [0.3, 0.4) is 0 Å². The fraction of sp³-hybridized carbons (Fsp3) is 0.533. The molecule has 1 aromatic rings. The van der Waals surface area contributed by atoms with Crippen LogP contribution in [0.2, 0.25) is 0 Å². The van der Waals surface area contributed by atoms with Crippen molar-refractivity contribution in [1.82, 2.24) is 0 Å². The third kappa shape index (κ3) is 3.33. The molecule has 0 radical (unpaired) electrons. The molecule has 0 aliphatic carbocycles. The lowest BCUT2D eigenvalue weighted by atomic mass is 9.90. The smallest absolute Gasteiger partial charge is 0.306 e. The highest BCUT2D eigenvalue weighted by molar-refractivity contribution is 5.69. The van der Waals surface area contributed by atoms with Gasteiger partial charge in [0, 0.05) is 13.2 Å². The predicted octanol–water partition coefficient (Wildman–Crippen LogP) is 2.84. The van der Waals surface area contributed by atoms with Gasteiger partial charge in [-0.05, 0) is 36.3 Å². The molecule has 1 N–H and O–H groups in total. The van der Waals surface area contributed by atoms with Crippen molar-refractivity contribution in [1.29, 1.82) is 0 Å². The topological polar surface area (TPSA) is 46.5 Å². The summed E-state index contributed by atoms with van der Waals surface area (Å²) in [5.74, 6) is -0.452. The van der Waals surface area contributed by atoms with E-state index in [2.05, 4.69) is 24.3 Å². The van der Waals surface area contributed by atoms with Gasteiger partial charge in [-0.2, -0.15) is 0 Å². The maximum Gasteiger partial charge on any atom is 0.306 e. The first-order valence-electron chi connectivity index (χ1n) is 6.56. The molecule has 18 heavy (non-hydrogen) atoms. The minimum atomic E-state index is -0.733. The van der Waals surface area contributed by atoms with Gasteiger partial charge in [-0.3, -0.25) is 4.79 Å². The van der Waals surface area contributed by atoms with Crippen molar-refractivity contribution in [3.8, 4) is 0 Å². The molecular formula is C15H20O3. The molecule has 98 valence electrons. The van der Waals surface area contributed by atoms with Gasteiger partial charge < -0.3 is 9.84 Å². The van der Waals surface area contributed by atoms with E-state index in [9.17, 15) is 4.79 Å². The van der Waals surface area contributed by atoms with Crippen molar-refractivity contribution >= 4 is 5.97 Å². The van der Waals surface area contributed by atoms with Gasteiger partial charge in [-0.25, -0.2) is 0 Å². The molecule has 0 spiro atoms. The maximum atomic E-state index is 10.8. The number of benzene rings is 1. The van der Waals surface area contributed by atoms with Crippen LogP contribution in [0.5, 0.6) is 0 Å². The number of carboxylic acids is 1. The van der Waals surface area contributed by atoms with Gasteiger partial charge in [-0.15, -0.1) is 0 Å². The lowest BCUT2D eigenvalue weighted by Gasteiger charge is -2.22. The minimum Gasteiger partial charge on any atom is -0.481 e. The monoisotopic (exact) mass is 248 g/mol. The molecule has 3 nitrogen and oxygen atoms in total. The summed E-state index contributed by atoms with van der Waals surface area (Å²) in [7, 11) is 0. The maximum absolute atomic E-state index is 10.8. The van der Waals surface area contributed by atoms with Gasteiger partial charge in [0.1, 0.15) is 0 Å². The van der Waals surface area contributed by atoms with E-state index in [0.717, 1.165) is 31.6 Å². The van der Waals surface area contributed by atoms with Gasteiger partial charge in [0.2, 0.25) is 0 Å². The van der Waals surface area contributed by atoms with E-state index in [0.29, 0.717) is 12.3 Å². The Morgan fingerprint density at radius 3 is 2.50 bits per heavy atom. The summed E-state index contributed by atoms with van der Waals surface area (Å²) in [4.78, 5) is 10.8. The molecule has 1 heterocycles. The van der Waals surface area contributed by atoms with Crippen LogP contribution in [-0.4, -0.2) is 24.3 Å². The molecule has 0 amide bonds. The van der Waals surface area contributed by atoms with E-state index in [1.165, 1.54) is 5.56 Å². The van der Waals surface area contributed by atoms with Gasteiger partial charge in [0.15, 0.2) is 0 Å². The zero-order valence-corrected chi connectivity index (χ0v) is 10.8. The summed E-state index contributed by atoms with van der Waals surface area (Å²) in [6.45, 7) is 3.44. The Morgan fingerprint density at radius 2 is 1.94 bits per heavy atom. The molecule has 1 fully saturated rings. The minimum absolute atomic E-state index is 0.320. The first-order chi connectivity index (χ1) is 8.66. The van der Waals surface area contributed by atoms with Crippen LogP contribution in [0.4, 0.5) is 0 Å². The van der Waals surface area contributed by atoms with Crippen molar-refractivity contribution in [2.75, 3.05) is 13.2 Å². The fourth-order valence-corrected chi connectivity index (χ4v) is 2.40. The van der Waals surface area contributed by atoms with Gasteiger partial charge >= 0.3 is 5.97 Å². The standard InChI is InChI=1S/C15H20O3/c1-11(15(16)17)10-12-2-4-13(5-3-12)14-6-8-18-9-7-14/h2-5,11,14H,6-10H2,1H3,(H,16,17). The quantitative estimate of drug-likeness (QED) is 0.891. The summed E-state index contributed by atoms with van der Waals surface area (Å²) in [5, 5.41) is 8.89. The average molecular weight is 248 g/mol. The highest BCUT2D eigenvalue weighted by Gasteiger charge is 2.16. The van der Waals surface area contributed by atoms with Crippen LogP contribution in [0, 0.1) is 5.92 Å². The lowest BCUT2D eigenvalue weighted by molar-refractivity contribution is -0.141. The fourth-order valence-electron chi connectivity index (χ4n) is 2.40. The number of hydrogen-bond donors (Lipinski definition) is 1. The number of rotatable bonds is 4. The molecule has 0 bridgehead atoms. The van der Waals surface area contributed by atoms with E-state index in [1.54, 1.807) is 6.92 Å². The number of hydrogen-bond acceptors (Lipinski definition) is 2. The van der Waals surface area contributed by atoms with E-state index in [4.69, 9.17) is 9.84 Å². The Kier molecular flexibility index (Phi) is 4.37. The molecular weight excluding hydrogens is 228 g/mol. The molecule has 3 heteroatoms. The van der Waals surface area contributed by atoms with E-state index in [-0.39, 0.29) is 5.92 Å². The Labute approximate surface area is 108 Å². The summed E-state index contributed by atoms with van der Waals surface area (Å²) < 4.78 is 5.36. The number of carbonyl (C=O) groups is 1.